The largest absolute Gasteiger partial charge is 0.381 e. The van der Waals surface area contributed by atoms with E-state index in [9.17, 15) is 13.2 Å². The number of carbonyl (C=O) groups is 1. The number of anilines is 1. The number of rotatable bonds is 5. The van der Waals surface area contributed by atoms with Crippen LogP contribution in [0.3, 0.4) is 0 Å². The summed E-state index contributed by atoms with van der Waals surface area (Å²) in [4.78, 5) is 12.9. The Morgan fingerprint density at radius 3 is 2.46 bits per heavy atom. The molecular weight excluding hydrogens is 358 g/mol. The first kappa shape index (κ1) is 19.2. The maximum absolute atomic E-state index is 12.8. The highest BCUT2D eigenvalue weighted by molar-refractivity contribution is 7.89. The smallest absolute Gasteiger partial charge is 0.243 e. The first-order valence-corrected chi connectivity index (χ1v) is 10.2. The molecule has 0 saturated carbocycles. The number of hydrogen-bond acceptors (Lipinski definition) is 6. The first-order chi connectivity index (χ1) is 12.5. The van der Waals surface area contributed by atoms with Gasteiger partial charge in [-0.25, -0.2) is 8.42 Å². The minimum Gasteiger partial charge on any atom is -0.381 e. The molecule has 9 heteroatoms. The molecule has 8 nitrogen and oxygen atoms in total. The van der Waals surface area contributed by atoms with E-state index in [4.69, 9.17) is 15.2 Å². The summed E-state index contributed by atoms with van der Waals surface area (Å²) in [5, 5.41) is 2.84. The van der Waals surface area contributed by atoms with Crippen LogP contribution in [-0.2, 0) is 24.3 Å². The number of sulfonamides is 1. The summed E-state index contributed by atoms with van der Waals surface area (Å²) in [6.07, 6.45) is 1.11. The van der Waals surface area contributed by atoms with Crippen LogP contribution in [0.1, 0.15) is 12.8 Å². The van der Waals surface area contributed by atoms with Crippen LogP contribution in [0.5, 0.6) is 0 Å². The summed E-state index contributed by atoms with van der Waals surface area (Å²) in [5.41, 5.74) is 5.64. The van der Waals surface area contributed by atoms with Crippen molar-refractivity contribution in [2.24, 2.45) is 11.1 Å². The Morgan fingerprint density at radius 2 is 1.81 bits per heavy atom. The number of amides is 1. The first-order valence-electron chi connectivity index (χ1n) is 8.75. The molecule has 2 fully saturated rings. The predicted octanol–water partition coefficient (Wildman–Crippen LogP) is 0.401. The van der Waals surface area contributed by atoms with Gasteiger partial charge in [0.15, 0.2) is 0 Å². The Morgan fingerprint density at radius 1 is 1.15 bits per heavy atom. The minimum absolute atomic E-state index is 0.158. The Labute approximate surface area is 153 Å². The van der Waals surface area contributed by atoms with Crippen molar-refractivity contribution < 1.29 is 22.7 Å². The number of nitrogens with one attached hydrogen (secondary N) is 1. The summed E-state index contributed by atoms with van der Waals surface area (Å²) >= 11 is 0. The molecule has 0 bridgehead atoms. The van der Waals surface area contributed by atoms with Gasteiger partial charge in [-0.3, -0.25) is 4.79 Å². The van der Waals surface area contributed by atoms with Crippen molar-refractivity contribution in [3.8, 4) is 0 Å². The summed E-state index contributed by atoms with van der Waals surface area (Å²) in [6.45, 7) is 2.65. The lowest BCUT2D eigenvalue weighted by Crippen LogP contribution is -2.46. The Balaban J connectivity index is 1.77. The van der Waals surface area contributed by atoms with E-state index in [1.54, 1.807) is 12.1 Å². The number of carbonyl (C=O) groups excluding carboxylic acids is 1. The topological polar surface area (TPSA) is 111 Å². The van der Waals surface area contributed by atoms with E-state index in [2.05, 4.69) is 5.32 Å². The zero-order valence-corrected chi connectivity index (χ0v) is 15.5. The summed E-state index contributed by atoms with van der Waals surface area (Å²) in [6, 6.07) is 6.33. The third kappa shape index (κ3) is 3.91. The van der Waals surface area contributed by atoms with E-state index in [0.717, 1.165) is 0 Å². The molecule has 1 amide bonds. The summed E-state index contributed by atoms with van der Waals surface area (Å²) in [5.74, 6) is -0.191. The lowest BCUT2D eigenvalue weighted by Gasteiger charge is -2.34. The van der Waals surface area contributed by atoms with Crippen LogP contribution >= 0.6 is 0 Å². The molecule has 144 valence electrons. The molecule has 26 heavy (non-hydrogen) atoms. The fourth-order valence-corrected chi connectivity index (χ4v) is 4.67. The molecular formula is C17H25N3O5S. The van der Waals surface area contributed by atoms with Gasteiger partial charge in [-0.05, 0) is 31.0 Å². The monoisotopic (exact) mass is 383 g/mol. The van der Waals surface area contributed by atoms with Gasteiger partial charge in [0.1, 0.15) is 0 Å². The zero-order valence-electron chi connectivity index (χ0n) is 14.6. The SMILES string of the molecule is NCC1(C(=O)Nc2cccc(S(=O)(=O)N3CCOCC3)c2)CCOCC1. The van der Waals surface area contributed by atoms with Gasteiger partial charge < -0.3 is 20.5 Å². The van der Waals surface area contributed by atoms with Crippen LogP contribution in [0.15, 0.2) is 29.2 Å². The van der Waals surface area contributed by atoms with E-state index >= 15 is 0 Å². The van der Waals surface area contributed by atoms with E-state index < -0.39 is 15.4 Å². The number of nitrogens with two attached hydrogens (primary N) is 1. The molecule has 0 atom stereocenters. The third-order valence-electron chi connectivity index (χ3n) is 5.02. The van der Waals surface area contributed by atoms with Crippen molar-refractivity contribution in [3.63, 3.8) is 0 Å². The second-order valence-corrected chi connectivity index (χ2v) is 8.53. The van der Waals surface area contributed by atoms with Gasteiger partial charge in [0.05, 0.1) is 23.5 Å². The second-order valence-electron chi connectivity index (χ2n) is 6.60. The molecule has 2 aliphatic heterocycles. The average molecular weight is 383 g/mol. The molecule has 0 aromatic heterocycles. The van der Waals surface area contributed by atoms with Crippen molar-refractivity contribution in [2.75, 3.05) is 51.4 Å². The van der Waals surface area contributed by atoms with Crippen molar-refractivity contribution in [1.29, 1.82) is 0 Å². The molecule has 1 aromatic rings. The number of benzene rings is 1. The lowest BCUT2D eigenvalue weighted by molar-refractivity contribution is -0.130. The minimum atomic E-state index is -3.61. The van der Waals surface area contributed by atoms with Crippen LogP contribution in [0.2, 0.25) is 0 Å². The van der Waals surface area contributed by atoms with Crippen molar-refractivity contribution in [3.05, 3.63) is 24.3 Å². The predicted molar refractivity (Wildman–Crippen MR) is 96.2 cm³/mol. The highest BCUT2D eigenvalue weighted by Gasteiger charge is 2.39. The highest BCUT2D eigenvalue weighted by atomic mass is 32.2. The van der Waals surface area contributed by atoms with Gasteiger partial charge in [-0.15, -0.1) is 0 Å². The number of morpholine rings is 1. The molecule has 0 unspecified atom stereocenters. The Hall–Kier alpha value is -1.52. The average Bonchev–Trinajstić information content (AvgIpc) is 2.69. The zero-order chi connectivity index (χ0) is 18.6. The fraction of sp³-hybridized carbons (Fsp3) is 0.588. The van der Waals surface area contributed by atoms with Crippen molar-refractivity contribution >= 4 is 21.6 Å². The number of ether oxygens (including phenoxy) is 2. The van der Waals surface area contributed by atoms with Crippen LogP contribution in [-0.4, -0.2) is 64.7 Å². The van der Waals surface area contributed by atoms with Crippen LogP contribution in [0.25, 0.3) is 0 Å². The van der Waals surface area contributed by atoms with Gasteiger partial charge >= 0.3 is 0 Å². The molecule has 3 rings (SSSR count). The maximum atomic E-state index is 12.8. The standard InChI is InChI=1S/C17H25N3O5S/c18-13-17(4-8-24-9-5-17)16(21)19-14-2-1-3-15(12-14)26(22,23)20-6-10-25-11-7-20/h1-3,12H,4-11,13,18H2,(H,19,21). The molecule has 0 spiro atoms. The van der Waals surface area contributed by atoms with E-state index in [1.165, 1.54) is 16.4 Å². The normalized spacial score (nSPS) is 21.3. The molecule has 3 N–H and O–H groups in total. The van der Waals surface area contributed by atoms with E-state index in [1.807, 2.05) is 0 Å². The molecule has 2 aliphatic rings. The molecule has 1 aromatic carbocycles. The maximum Gasteiger partial charge on any atom is 0.243 e. The molecule has 0 radical (unpaired) electrons. The van der Waals surface area contributed by atoms with Crippen molar-refractivity contribution in [1.82, 2.24) is 4.31 Å². The fourth-order valence-electron chi connectivity index (χ4n) is 3.22. The van der Waals surface area contributed by atoms with Crippen LogP contribution in [0, 0.1) is 5.41 Å². The van der Waals surface area contributed by atoms with Gasteiger partial charge in [0.25, 0.3) is 0 Å². The highest BCUT2D eigenvalue weighted by Crippen LogP contribution is 2.31. The van der Waals surface area contributed by atoms with Crippen LogP contribution in [0.4, 0.5) is 5.69 Å². The van der Waals surface area contributed by atoms with Gasteiger partial charge in [0, 0.05) is 38.5 Å². The second kappa shape index (κ2) is 8.01. The van der Waals surface area contributed by atoms with E-state index in [-0.39, 0.29) is 17.3 Å². The Bertz CT molecular complexity index is 741. The van der Waals surface area contributed by atoms with Crippen molar-refractivity contribution in [2.45, 2.75) is 17.7 Å². The van der Waals surface area contributed by atoms with Gasteiger partial charge in [0.2, 0.25) is 15.9 Å². The van der Waals surface area contributed by atoms with Crippen LogP contribution < -0.4 is 11.1 Å². The molecule has 2 saturated heterocycles. The Kier molecular flexibility index (Phi) is 5.93. The van der Waals surface area contributed by atoms with Gasteiger partial charge in [-0.2, -0.15) is 4.31 Å². The summed E-state index contributed by atoms with van der Waals surface area (Å²) in [7, 11) is -3.61. The summed E-state index contributed by atoms with van der Waals surface area (Å²) < 4.78 is 37.5. The number of hydrogen-bond donors (Lipinski definition) is 2. The molecule has 2 heterocycles. The molecule has 0 aliphatic carbocycles. The third-order valence-corrected chi connectivity index (χ3v) is 6.92. The quantitative estimate of drug-likeness (QED) is 0.761. The lowest BCUT2D eigenvalue weighted by atomic mass is 9.79. The van der Waals surface area contributed by atoms with E-state index in [0.29, 0.717) is 58.0 Å². The van der Waals surface area contributed by atoms with Gasteiger partial charge in [-0.1, -0.05) is 6.07 Å². The number of nitrogens with zero attached hydrogens (tertiary/aromatic N) is 1.